The fourth-order valence-electron chi connectivity index (χ4n) is 3.18. The predicted molar refractivity (Wildman–Crippen MR) is 98.7 cm³/mol. The van der Waals surface area contributed by atoms with Crippen LogP contribution in [0.1, 0.15) is 46.8 Å². The van der Waals surface area contributed by atoms with Crippen LogP contribution < -0.4 is 5.32 Å². The van der Waals surface area contributed by atoms with E-state index in [4.69, 9.17) is 4.98 Å². The van der Waals surface area contributed by atoms with Gasteiger partial charge in [-0.3, -0.25) is 0 Å². The Bertz CT molecular complexity index is 789. The van der Waals surface area contributed by atoms with Crippen molar-refractivity contribution in [1.29, 1.82) is 0 Å². The second-order valence-corrected chi connectivity index (χ2v) is 9.52. The minimum Gasteiger partial charge on any atom is -0.317 e. The molecule has 1 aromatic heterocycles. The molecule has 130 valence electrons. The van der Waals surface area contributed by atoms with E-state index in [2.05, 4.69) is 12.2 Å². The molecule has 0 bridgehead atoms. The highest BCUT2D eigenvalue weighted by Crippen LogP contribution is 2.34. The van der Waals surface area contributed by atoms with Crippen molar-refractivity contribution in [3.8, 4) is 0 Å². The van der Waals surface area contributed by atoms with Crippen LogP contribution in [0.2, 0.25) is 0 Å². The summed E-state index contributed by atoms with van der Waals surface area (Å²) in [6.07, 6.45) is 5.37. The molecule has 1 aliphatic rings. The number of sulfone groups is 1. The summed E-state index contributed by atoms with van der Waals surface area (Å²) in [4.78, 5) is 6.68. The number of aromatic nitrogens is 1. The molecule has 3 rings (SSSR count). The van der Waals surface area contributed by atoms with Gasteiger partial charge in [0.25, 0.3) is 0 Å². The summed E-state index contributed by atoms with van der Waals surface area (Å²) in [6, 6.07) is 7.17. The van der Waals surface area contributed by atoms with Gasteiger partial charge in [0.15, 0.2) is 9.84 Å². The van der Waals surface area contributed by atoms with Gasteiger partial charge in [0.1, 0.15) is 0 Å². The third-order valence-corrected chi connectivity index (χ3v) is 6.91. The summed E-state index contributed by atoms with van der Waals surface area (Å²) < 4.78 is 23.1. The lowest BCUT2D eigenvalue weighted by Crippen LogP contribution is -2.26. The van der Waals surface area contributed by atoms with Gasteiger partial charge in [0.05, 0.1) is 15.6 Å². The van der Waals surface area contributed by atoms with Gasteiger partial charge in [0, 0.05) is 17.6 Å². The number of rotatable bonds is 5. The fourth-order valence-corrected chi connectivity index (χ4v) is 5.16. The Morgan fingerprint density at radius 2 is 1.88 bits per heavy atom. The fraction of sp³-hybridized carbons (Fsp3) is 0.500. The monoisotopic (exact) mass is 364 g/mol. The molecule has 0 atom stereocenters. The van der Waals surface area contributed by atoms with Gasteiger partial charge in [0.2, 0.25) is 0 Å². The van der Waals surface area contributed by atoms with Gasteiger partial charge in [-0.15, -0.1) is 11.3 Å². The van der Waals surface area contributed by atoms with Crippen LogP contribution in [-0.4, -0.2) is 32.7 Å². The Morgan fingerprint density at radius 1 is 1.21 bits per heavy atom. The van der Waals surface area contributed by atoms with Gasteiger partial charge >= 0.3 is 0 Å². The van der Waals surface area contributed by atoms with Crippen LogP contribution in [-0.2, 0) is 22.7 Å². The minimum absolute atomic E-state index is 0.370. The van der Waals surface area contributed by atoms with Crippen LogP contribution in [0, 0.1) is 0 Å². The maximum Gasteiger partial charge on any atom is 0.175 e. The topological polar surface area (TPSA) is 59.1 Å². The van der Waals surface area contributed by atoms with Crippen LogP contribution in [0.5, 0.6) is 0 Å². The highest BCUT2D eigenvalue weighted by Gasteiger charge is 2.21. The Labute approximate surface area is 148 Å². The zero-order chi connectivity index (χ0) is 17.2. The van der Waals surface area contributed by atoms with E-state index in [0.29, 0.717) is 10.8 Å². The Morgan fingerprint density at radius 3 is 2.46 bits per heavy atom. The number of benzene rings is 1. The summed E-state index contributed by atoms with van der Waals surface area (Å²) in [5.41, 5.74) is 2.35. The summed E-state index contributed by atoms with van der Waals surface area (Å²) in [6.45, 7) is 4.35. The van der Waals surface area contributed by atoms with Crippen LogP contribution in [0.4, 0.5) is 0 Å². The Balaban J connectivity index is 1.79. The molecule has 0 unspecified atom stereocenters. The van der Waals surface area contributed by atoms with Gasteiger partial charge in [-0.1, -0.05) is 19.1 Å². The van der Waals surface area contributed by atoms with Gasteiger partial charge in [-0.2, -0.15) is 0 Å². The lowest BCUT2D eigenvalue weighted by molar-refractivity contribution is 0.463. The average molecular weight is 365 g/mol. The van der Waals surface area contributed by atoms with Crippen molar-refractivity contribution in [2.45, 2.75) is 43.4 Å². The summed E-state index contributed by atoms with van der Waals surface area (Å²) in [5.74, 6) is 0.639. The normalized spacial score (nSPS) is 16.4. The van der Waals surface area contributed by atoms with Crippen LogP contribution >= 0.6 is 11.3 Å². The number of aryl methyl sites for hydroxylation is 1. The molecule has 6 heteroatoms. The summed E-state index contributed by atoms with van der Waals surface area (Å²) in [7, 11) is -3.13. The molecule has 24 heavy (non-hydrogen) atoms. The molecular formula is C18H24N2O2S2. The Kier molecular flexibility index (Phi) is 5.37. The average Bonchev–Trinajstić information content (AvgIpc) is 2.98. The maximum absolute atomic E-state index is 11.5. The molecule has 0 saturated carbocycles. The van der Waals surface area contributed by atoms with Gasteiger partial charge in [-0.05, 0) is 56.0 Å². The van der Waals surface area contributed by atoms with Crippen molar-refractivity contribution in [1.82, 2.24) is 10.3 Å². The quantitative estimate of drug-likeness (QED) is 0.885. The molecule has 4 nitrogen and oxygen atoms in total. The molecule has 2 aromatic rings. The number of thiazole rings is 1. The SMILES string of the molecule is CCc1nc(Cc2ccc(S(C)(=O)=O)cc2)sc1C1CCNCC1. The van der Waals surface area contributed by atoms with Crippen LogP contribution in [0.3, 0.4) is 0 Å². The molecule has 1 N–H and O–H groups in total. The van der Waals surface area contributed by atoms with E-state index in [1.165, 1.54) is 29.7 Å². The predicted octanol–water partition coefficient (Wildman–Crippen LogP) is 3.17. The van der Waals surface area contributed by atoms with Crippen molar-refractivity contribution in [3.63, 3.8) is 0 Å². The van der Waals surface area contributed by atoms with Crippen molar-refractivity contribution in [2.75, 3.05) is 19.3 Å². The molecule has 1 aliphatic heterocycles. The molecule has 1 fully saturated rings. The second-order valence-electron chi connectivity index (χ2n) is 6.39. The number of nitrogens with zero attached hydrogens (tertiary/aromatic N) is 1. The summed E-state index contributed by atoms with van der Waals surface area (Å²) in [5, 5.41) is 4.55. The van der Waals surface area contributed by atoms with E-state index in [0.717, 1.165) is 36.5 Å². The summed E-state index contributed by atoms with van der Waals surface area (Å²) >= 11 is 1.84. The van der Waals surface area contributed by atoms with Crippen molar-refractivity contribution in [2.24, 2.45) is 0 Å². The first-order valence-corrected chi connectivity index (χ1v) is 11.2. The first-order valence-electron chi connectivity index (χ1n) is 8.45. The van der Waals surface area contributed by atoms with Crippen molar-refractivity contribution in [3.05, 3.63) is 45.4 Å². The third kappa shape index (κ3) is 4.05. The molecule has 1 aromatic carbocycles. The van der Waals surface area contributed by atoms with Gasteiger partial charge in [-0.25, -0.2) is 13.4 Å². The molecule has 0 radical (unpaired) electrons. The number of hydrogen-bond acceptors (Lipinski definition) is 5. The zero-order valence-corrected chi connectivity index (χ0v) is 15.8. The molecule has 1 saturated heterocycles. The van der Waals surface area contributed by atoms with Crippen LogP contribution in [0.15, 0.2) is 29.2 Å². The van der Waals surface area contributed by atoms with Crippen molar-refractivity contribution < 1.29 is 8.42 Å². The molecular weight excluding hydrogens is 340 g/mol. The van der Waals surface area contributed by atoms with Crippen molar-refractivity contribution >= 4 is 21.2 Å². The van der Waals surface area contributed by atoms with Crippen LogP contribution in [0.25, 0.3) is 0 Å². The van der Waals surface area contributed by atoms with E-state index in [9.17, 15) is 8.42 Å². The highest BCUT2D eigenvalue weighted by atomic mass is 32.2. The largest absolute Gasteiger partial charge is 0.317 e. The highest BCUT2D eigenvalue weighted by molar-refractivity contribution is 7.90. The minimum atomic E-state index is -3.13. The Hall–Kier alpha value is -1.24. The molecule has 2 heterocycles. The number of hydrogen-bond donors (Lipinski definition) is 1. The van der Waals surface area contributed by atoms with E-state index in [1.807, 2.05) is 23.5 Å². The number of nitrogens with one attached hydrogen (secondary N) is 1. The first kappa shape index (κ1) is 17.6. The lowest BCUT2D eigenvalue weighted by Gasteiger charge is -2.22. The maximum atomic E-state index is 11.5. The zero-order valence-electron chi connectivity index (χ0n) is 14.2. The smallest absolute Gasteiger partial charge is 0.175 e. The second kappa shape index (κ2) is 7.33. The van der Waals surface area contributed by atoms with E-state index in [1.54, 1.807) is 12.1 Å². The van der Waals surface area contributed by atoms with E-state index >= 15 is 0 Å². The number of piperidine rings is 1. The lowest BCUT2D eigenvalue weighted by atomic mass is 9.95. The molecule has 0 spiro atoms. The molecule has 0 aliphatic carbocycles. The van der Waals surface area contributed by atoms with E-state index in [-0.39, 0.29) is 0 Å². The first-order chi connectivity index (χ1) is 11.5. The van der Waals surface area contributed by atoms with Gasteiger partial charge < -0.3 is 5.32 Å². The standard InChI is InChI=1S/C18H24N2O2S2/c1-3-16-18(14-8-10-19-11-9-14)23-17(20-16)12-13-4-6-15(7-5-13)24(2,21)22/h4-7,14,19H,3,8-12H2,1-2H3. The third-order valence-electron chi connectivity index (χ3n) is 4.52. The molecule has 0 amide bonds. The van der Waals surface area contributed by atoms with E-state index < -0.39 is 9.84 Å².